The van der Waals surface area contributed by atoms with Gasteiger partial charge in [-0.05, 0) is 23.4 Å². The lowest BCUT2D eigenvalue weighted by Gasteiger charge is -2.04. The number of aromatic nitrogens is 3. The molecule has 23 heavy (non-hydrogen) atoms. The number of H-pyrrole nitrogens is 1. The van der Waals surface area contributed by atoms with E-state index < -0.39 is 5.97 Å². The molecule has 118 valence electrons. The number of hydrogen-bond acceptors (Lipinski definition) is 5. The molecule has 0 radical (unpaired) electrons. The van der Waals surface area contributed by atoms with Gasteiger partial charge < -0.3 is 10.5 Å². The van der Waals surface area contributed by atoms with Crippen molar-refractivity contribution < 1.29 is 14.2 Å². The topological polar surface area (TPSA) is 84.9 Å². The summed E-state index contributed by atoms with van der Waals surface area (Å²) >= 11 is 1.51. The van der Waals surface area contributed by atoms with Crippen LogP contribution in [0.15, 0.2) is 35.4 Å². The number of carbonyl (C=O) groups excluding carboxylic acids is 1. The fourth-order valence-electron chi connectivity index (χ4n) is 2.58. The predicted molar refractivity (Wildman–Crippen MR) is 89.9 cm³/mol. The number of nitrogens with two attached hydrogens (primary N) is 1. The first kappa shape index (κ1) is 15.4. The molecule has 3 rings (SSSR count). The number of nitrogens with one attached hydrogen (secondary N) is 1. The van der Waals surface area contributed by atoms with Crippen molar-refractivity contribution >= 4 is 34.5 Å². The van der Waals surface area contributed by atoms with Crippen LogP contribution in [0.1, 0.15) is 16.1 Å². The van der Waals surface area contributed by atoms with Crippen molar-refractivity contribution in [3.63, 3.8) is 0 Å². The number of esters is 1. The Hall–Kier alpha value is -2.54. The second kappa shape index (κ2) is 5.92. The van der Waals surface area contributed by atoms with Crippen LogP contribution in [0.3, 0.4) is 0 Å². The van der Waals surface area contributed by atoms with Crippen molar-refractivity contribution in [1.29, 1.82) is 0 Å². The maximum absolute atomic E-state index is 12.0. The van der Waals surface area contributed by atoms with Gasteiger partial charge in [0.25, 0.3) is 0 Å². The van der Waals surface area contributed by atoms with Gasteiger partial charge in [-0.2, -0.15) is 0 Å². The number of carbonyl (C=O) groups is 1. The molecule has 3 aromatic rings. The van der Waals surface area contributed by atoms with Crippen molar-refractivity contribution in [2.24, 2.45) is 0 Å². The Morgan fingerprint density at radius 1 is 1.35 bits per heavy atom. The molecular formula is C16H17N4O2S+. The van der Waals surface area contributed by atoms with Gasteiger partial charge in [0.05, 0.1) is 12.8 Å². The quantitative estimate of drug-likeness (QED) is 0.437. The number of hydrogen-bond donors (Lipinski definition) is 2. The highest BCUT2D eigenvalue weighted by Gasteiger charge is 2.29. The van der Waals surface area contributed by atoms with E-state index in [2.05, 4.69) is 10.1 Å². The zero-order valence-corrected chi connectivity index (χ0v) is 13.9. The van der Waals surface area contributed by atoms with E-state index in [1.807, 2.05) is 41.3 Å². The highest BCUT2D eigenvalue weighted by atomic mass is 32.2. The van der Waals surface area contributed by atoms with Crippen molar-refractivity contribution in [3.8, 4) is 5.69 Å². The number of nitrogens with zero attached hydrogens (tertiary/aromatic N) is 2. The van der Waals surface area contributed by atoms with Crippen LogP contribution in [-0.4, -0.2) is 29.4 Å². The number of fused-ring (bicyclic) bond motifs is 1. The second-order valence-electron chi connectivity index (χ2n) is 4.99. The second-order valence-corrected chi connectivity index (χ2v) is 5.81. The molecule has 1 aromatic carbocycles. The zero-order valence-electron chi connectivity index (χ0n) is 13.1. The number of thioether (sulfide) groups is 1. The molecule has 0 aliphatic rings. The molecular weight excluding hydrogens is 312 g/mol. The summed E-state index contributed by atoms with van der Waals surface area (Å²) in [5.74, 6) is -0.478. The predicted octanol–water partition coefficient (Wildman–Crippen LogP) is 2.24. The van der Waals surface area contributed by atoms with Gasteiger partial charge in [0.2, 0.25) is 0 Å². The van der Waals surface area contributed by atoms with E-state index in [1.54, 1.807) is 6.92 Å². The maximum Gasteiger partial charge on any atom is 0.359 e. The summed E-state index contributed by atoms with van der Waals surface area (Å²) in [7, 11) is 1.34. The van der Waals surface area contributed by atoms with Gasteiger partial charge in [0.1, 0.15) is 16.0 Å². The molecule has 0 aliphatic heterocycles. The number of ether oxygens (including phenoxy) is 1. The van der Waals surface area contributed by atoms with Crippen molar-refractivity contribution in [2.75, 3.05) is 19.1 Å². The number of aromatic amines is 1. The van der Waals surface area contributed by atoms with Crippen LogP contribution in [0, 0.1) is 6.92 Å². The van der Waals surface area contributed by atoms with E-state index in [1.165, 1.54) is 18.9 Å². The number of pyridine rings is 1. The van der Waals surface area contributed by atoms with Gasteiger partial charge in [-0.3, -0.25) is 0 Å². The molecule has 0 spiro atoms. The molecule has 3 N–H and O–H groups in total. The fourth-order valence-corrected chi connectivity index (χ4v) is 3.17. The van der Waals surface area contributed by atoms with Crippen LogP contribution in [0.25, 0.3) is 16.7 Å². The minimum Gasteiger partial charge on any atom is -0.465 e. The Balaban J connectivity index is 2.37. The normalized spacial score (nSPS) is 10.9. The lowest BCUT2D eigenvalue weighted by Crippen LogP contribution is -2.33. The van der Waals surface area contributed by atoms with Crippen molar-refractivity contribution in [2.45, 2.75) is 11.9 Å². The Morgan fingerprint density at radius 3 is 2.65 bits per heavy atom. The largest absolute Gasteiger partial charge is 0.465 e. The average Bonchev–Trinajstić information content (AvgIpc) is 2.94. The van der Waals surface area contributed by atoms with Gasteiger partial charge in [0, 0.05) is 6.92 Å². The lowest BCUT2D eigenvalue weighted by atomic mass is 10.1. The molecule has 0 fully saturated rings. The summed E-state index contributed by atoms with van der Waals surface area (Å²) in [6, 6.07) is 9.80. The van der Waals surface area contributed by atoms with Crippen molar-refractivity contribution in [3.05, 3.63) is 41.6 Å². The third kappa shape index (κ3) is 2.43. The zero-order chi connectivity index (χ0) is 16.6. The lowest BCUT2D eigenvalue weighted by molar-refractivity contribution is -0.634. The fraction of sp³-hybridized carbons (Fsp3) is 0.188. The van der Waals surface area contributed by atoms with Crippen LogP contribution in [-0.2, 0) is 4.74 Å². The molecule has 7 heteroatoms. The number of rotatable bonds is 3. The van der Waals surface area contributed by atoms with Crippen LogP contribution >= 0.6 is 11.8 Å². The monoisotopic (exact) mass is 329 g/mol. The maximum atomic E-state index is 12.0. The minimum atomic E-state index is -0.478. The van der Waals surface area contributed by atoms with E-state index >= 15 is 0 Å². The molecule has 0 aliphatic carbocycles. The Labute approximate surface area is 137 Å². The van der Waals surface area contributed by atoms with Crippen molar-refractivity contribution in [1.82, 2.24) is 10.1 Å². The first-order valence-corrected chi connectivity index (χ1v) is 8.22. The summed E-state index contributed by atoms with van der Waals surface area (Å²) in [5, 5.41) is 4.87. The first-order valence-electron chi connectivity index (χ1n) is 7.00. The highest BCUT2D eigenvalue weighted by Crippen LogP contribution is 2.31. The van der Waals surface area contributed by atoms with Crippen LogP contribution < -0.4 is 10.4 Å². The Morgan fingerprint density at radius 2 is 2.04 bits per heavy atom. The molecule has 0 saturated heterocycles. The SMILES string of the molecule is COC(=O)c1c(C)nc2c(c(SC)[nH][n+]2-c2ccccc2)c1N. The van der Waals surface area contributed by atoms with Gasteiger partial charge in [-0.1, -0.05) is 18.2 Å². The minimum absolute atomic E-state index is 0.314. The highest BCUT2D eigenvalue weighted by molar-refractivity contribution is 7.98. The Kier molecular flexibility index (Phi) is 3.96. The molecule has 0 saturated carbocycles. The smallest absolute Gasteiger partial charge is 0.359 e. The Bertz CT molecular complexity index is 890. The van der Waals surface area contributed by atoms with Gasteiger partial charge in [0.15, 0.2) is 11.4 Å². The average molecular weight is 329 g/mol. The van der Waals surface area contributed by atoms with Gasteiger partial charge in [-0.15, -0.1) is 16.4 Å². The third-order valence-corrected chi connectivity index (χ3v) is 4.36. The molecule has 2 heterocycles. The van der Waals surface area contributed by atoms with Gasteiger partial charge in [-0.25, -0.2) is 9.89 Å². The summed E-state index contributed by atoms with van der Waals surface area (Å²) in [5.41, 5.74) is 9.14. The molecule has 0 atom stereocenters. The van der Waals surface area contributed by atoms with E-state index in [4.69, 9.17) is 10.5 Å². The number of methoxy groups -OCH3 is 1. The summed E-state index contributed by atoms with van der Waals surface area (Å²) < 4.78 is 6.70. The first-order chi connectivity index (χ1) is 11.1. The number of anilines is 1. The number of aryl methyl sites for hydroxylation is 1. The summed E-state index contributed by atoms with van der Waals surface area (Å²) in [4.78, 5) is 16.6. The third-order valence-electron chi connectivity index (χ3n) is 3.66. The molecule has 0 bridgehead atoms. The van der Waals surface area contributed by atoms with Gasteiger partial charge >= 0.3 is 11.6 Å². The number of para-hydroxylation sites is 1. The van der Waals surface area contributed by atoms with Crippen LogP contribution in [0.2, 0.25) is 0 Å². The van der Waals surface area contributed by atoms with E-state index in [9.17, 15) is 4.79 Å². The summed E-state index contributed by atoms with van der Waals surface area (Å²) in [6.07, 6.45) is 1.94. The molecule has 0 unspecified atom stereocenters. The molecule has 6 nitrogen and oxygen atoms in total. The van der Waals surface area contributed by atoms with Crippen LogP contribution in [0.4, 0.5) is 5.69 Å². The molecule has 2 aromatic heterocycles. The van der Waals surface area contributed by atoms with E-state index in [0.717, 1.165) is 16.1 Å². The molecule has 0 amide bonds. The number of benzene rings is 1. The standard InChI is InChI=1S/C16H16N4O2S/c1-9-11(16(21)22-2)13(17)12-14(18-9)20(19-15(12)23-3)10-7-5-4-6-8-10/h4-8H,1-3H3,(H2,17,18,19,21)/p+1. The number of nitrogen functional groups attached to an aromatic ring is 1. The summed E-state index contributed by atoms with van der Waals surface area (Å²) in [6.45, 7) is 1.75. The van der Waals surface area contributed by atoms with E-state index in [-0.39, 0.29) is 0 Å². The van der Waals surface area contributed by atoms with Crippen LogP contribution in [0.5, 0.6) is 0 Å². The van der Waals surface area contributed by atoms with E-state index in [0.29, 0.717) is 22.6 Å².